The van der Waals surface area contributed by atoms with Crippen molar-refractivity contribution in [2.75, 3.05) is 39.6 Å². The summed E-state index contributed by atoms with van der Waals surface area (Å²) in [4.78, 5) is 71.6. The molecule has 19 heteroatoms. The van der Waals surface area contributed by atoms with Crippen molar-refractivity contribution in [3.63, 3.8) is 0 Å². The Hall–Kier alpha value is -1.94. The number of phosphoric acid groups is 2. The van der Waals surface area contributed by atoms with Gasteiger partial charge >= 0.3 is 39.5 Å². The average Bonchev–Trinajstić information content (AvgIpc) is 3.43. The zero-order valence-electron chi connectivity index (χ0n) is 51.2. The Morgan fingerprint density at radius 2 is 0.600 bits per heavy atom. The Kier molecular flexibility index (Phi) is 53.6. The number of carbonyl (C=O) groups is 4. The molecule has 474 valence electrons. The van der Waals surface area contributed by atoms with Crippen molar-refractivity contribution >= 4 is 39.5 Å². The fourth-order valence-electron chi connectivity index (χ4n) is 9.02. The first-order valence-electron chi connectivity index (χ1n) is 32.2. The van der Waals surface area contributed by atoms with Gasteiger partial charge in [0.05, 0.1) is 26.4 Å². The van der Waals surface area contributed by atoms with Gasteiger partial charge < -0.3 is 33.8 Å². The highest BCUT2D eigenvalue weighted by Crippen LogP contribution is 2.45. The van der Waals surface area contributed by atoms with Crippen molar-refractivity contribution in [1.82, 2.24) is 0 Å². The molecule has 0 fully saturated rings. The number of phosphoric ester groups is 2. The first kappa shape index (κ1) is 78.1. The van der Waals surface area contributed by atoms with Crippen LogP contribution >= 0.6 is 15.6 Å². The molecular formula is C61H118O17P2. The molecular weight excluding hydrogens is 1070 g/mol. The van der Waals surface area contributed by atoms with Crippen molar-refractivity contribution in [3.8, 4) is 0 Å². The van der Waals surface area contributed by atoms with E-state index >= 15 is 0 Å². The third-order valence-corrected chi connectivity index (χ3v) is 16.3. The number of esters is 4. The van der Waals surface area contributed by atoms with E-state index in [1.54, 1.807) is 0 Å². The van der Waals surface area contributed by atoms with E-state index in [0.29, 0.717) is 25.7 Å². The van der Waals surface area contributed by atoms with Crippen molar-refractivity contribution in [2.24, 2.45) is 5.92 Å². The molecule has 80 heavy (non-hydrogen) atoms. The molecule has 0 aliphatic rings. The first-order chi connectivity index (χ1) is 38.6. The van der Waals surface area contributed by atoms with Crippen LogP contribution in [0.5, 0.6) is 0 Å². The monoisotopic (exact) mass is 1180 g/mol. The van der Waals surface area contributed by atoms with E-state index in [2.05, 4.69) is 34.6 Å². The Balaban J connectivity index is 5.12. The van der Waals surface area contributed by atoms with Crippen LogP contribution in [-0.2, 0) is 65.4 Å². The summed E-state index contributed by atoms with van der Waals surface area (Å²) in [7, 11) is -9.86. The molecule has 0 saturated heterocycles. The molecule has 0 amide bonds. The van der Waals surface area contributed by atoms with Crippen molar-refractivity contribution in [1.29, 1.82) is 0 Å². The molecule has 0 radical (unpaired) electrons. The molecule has 3 N–H and O–H groups in total. The Bertz CT molecular complexity index is 1570. The van der Waals surface area contributed by atoms with Gasteiger partial charge in [-0.25, -0.2) is 9.13 Å². The Morgan fingerprint density at radius 3 is 0.887 bits per heavy atom. The largest absolute Gasteiger partial charge is 0.472 e. The zero-order chi connectivity index (χ0) is 59.2. The number of hydrogen-bond donors (Lipinski definition) is 3. The number of unbranched alkanes of at least 4 members (excludes halogenated alkanes) is 32. The standard InChI is InChI=1S/C61H118O17P2/c1-6-10-13-16-17-18-19-20-21-22-23-24-29-32-37-42-47-61(66)78-57(51-72-59(64)45-40-36-31-28-26-25-27-30-35-38-43-54(5)9-4)53-76-80(69,70)74-49-55(62)48-73-79(67,68)75-52-56(77-60(65)46-41-34-15-12-8-3)50-71-58(63)44-39-33-14-11-7-2/h54-57,62H,6-53H2,1-5H3,(H,67,68)(H,69,70)/t54?,55-,56+,57+/m0/s1. The summed E-state index contributed by atoms with van der Waals surface area (Å²) in [5, 5.41) is 10.5. The van der Waals surface area contributed by atoms with Crippen LogP contribution in [0.15, 0.2) is 0 Å². The molecule has 0 aromatic heterocycles. The fourth-order valence-corrected chi connectivity index (χ4v) is 10.6. The van der Waals surface area contributed by atoms with Crippen LogP contribution in [-0.4, -0.2) is 96.7 Å². The van der Waals surface area contributed by atoms with E-state index < -0.39 is 97.5 Å². The van der Waals surface area contributed by atoms with Crippen LogP contribution in [0, 0.1) is 5.92 Å². The number of rotatable bonds is 61. The average molecular weight is 1190 g/mol. The van der Waals surface area contributed by atoms with Gasteiger partial charge in [0.15, 0.2) is 12.2 Å². The normalized spacial score (nSPS) is 14.7. The Morgan fingerprint density at radius 1 is 0.350 bits per heavy atom. The number of carbonyl (C=O) groups excluding carboxylic acids is 4. The van der Waals surface area contributed by atoms with Gasteiger partial charge in [-0.2, -0.15) is 0 Å². The summed E-state index contributed by atoms with van der Waals surface area (Å²) >= 11 is 0. The fraction of sp³-hybridized carbons (Fsp3) is 0.934. The first-order valence-corrected chi connectivity index (χ1v) is 35.2. The molecule has 17 nitrogen and oxygen atoms in total. The lowest BCUT2D eigenvalue weighted by Gasteiger charge is -2.21. The quantitative estimate of drug-likeness (QED) is 0.0222. The lowest BCUT2D eigenvalue weighted by Crippen LogP contribution is -2.30. The lowest BCUT2D eigenvalue weighted by molar-refractivity contribution is -0.161. The van der Waals surface area contributed by atoms with Gasteiger partial charge in [-0.05, 0) is 31.6 Å². The zero-order valence-corrected chi connectivity index (χ0v) is 53.0. The highest BCUT2D eigenvalue weighted by atomic mass is 31.2. The number of ether oxygens (including phenoxy) is 4. The predicted molar refractivity (Wildman–Crippen MR) is 317 cm³/mol. The van der Waals surface area contributed by atoms with Crippen LogP contribution in [0.1, 0.15) is 304 Å². The van der Waals surface area contributed by atoms with E-state index in [-0.39, 0.29) is 25.7 Å². The summed E-state index contributed by atoms with van der Waals surface area (Å²) in [6, 6.07) is 0. The maximum absolute atomic E-state index is 13.0. The summed E-state index contributed by atoms with van der Waals surface area (Å²) < 4.78 is 67.5. The lowest BCUT2D eigenvalue weighted by atomic mass is 9.99. The maximum atomic E-state index is 13.0. The van der Waals surface area contributed by atoms with Crippen LogP contribution in [0.2, 0.25) is 0 Å². The molecule has 0 aliphatic carbocycles. The van der Waals surface area contributed by atoms with E-state index in [1.165, 1.54) is 122 Å². The molecule has 0 aromatic rings. The summed E-state index contributed by atoms with van der Waals surface area (Å²) in [5.74, 6) is -1.35. The van der Waals surface area contributed by atoms with Crippen LogP contribution in [0.3, 0.4) is 0 Å². The van der Waals surface area contributed by atoms with Gasteiger partial charge in [-0.15, -0.1) is 0 Å². The van der Waals surface area contributed by atoms with E-state index in [4.69, 9.17) is 37.0 Å². The second-order valence-electron chi connectivity index (χ2n) is 22.3. The van der Waals surface area contributed by atoms with Crippen molar-refractivity contribution < 1.29 is 80.2 Å². The molecule has 0 spiro atoms. The topological polar surface area (TPSA) is 237 Å². The van der Waals surface area contributed by atoms with E-state index in [0.717, 1.165) is 102 Å². The van der Waals surface area contributed by atoms with E-state index in [1.807, 2.05) is 0 Å². The molecule has 3 unspecified atom stereocenters. The smallest absolute Gasteiger partial charge is 0.462 e. The van der Waals surface area contributed by atoms with Gasteiger partial charge in [0.25, 0.3) is 0 Å². The molecule has 0 rings (SSSR count). The summed E-state index contributed by atoms with van der Waals surface area (Å²) in [6.45, 7) is 7.02. The molecule has 0 heterocycles. The van der Waals surface area contributed by atoms with Crippen molar-refractivity contribution in [2.45, 2.75) is 323 Å². The number of hydrogen-bond acceptors (Lipinski definition) is 15. The van der Waals surface area contributed by atoms with Crippen LogP contribution < -0.4 is 0 Å². The second kappa shape index (κ2) is 55.0. The third-order valence-electron chi connectivity index (χ3n) is 14.4. The van der Waals surface area contributed by atoms with Gasteiger partial charge in [-0.1, -0.05) is 253 Å². The molecule has 0 saturated carbocycles. The van der Waals surface area contributed by atoms with Gasteiger partial charge in [0.1, 0.15) is 19.3 Å². The SMILES string of the molecule is CCCCCCCCCCCCCCCCCCC(=O)O[C@H](COC(=O)CCCCCCCCCCCCC(C)CC)COP(=O)(O)OC[C@@H](O)COP(=O)(O)OC[C@@H](COC(=O)CCCCCCC)OC(=O)CCCCCCC. The van der Waals surface area contributed by atoms with Gasteiger partial charge in [0, 0.05) is 25.7 Å². The molecule has 0 aliphatic heterocycles. The molecule has 6 atom stereocenters. The second-order valence-corrected chi connectivity index (χ2v) is 25.2. The predicted octanol–water partition coefficient (Wildman–Crippen LogP) is 16.6. The third kappa shape index (κ3) is 54.0. The number of aliphatic hydroxyl groups excluding tert-OH is 1. The highest BCUT2D eigenvalue weighted by Gasteiger charge is 2.30. The van der Waals surface area contributed by atoms with Gasteiger partial charge in [0.2, 0.25) is 0 Å². The maximum Gasteiger partial charge on any atom is 0.472 e. The Labute approximate surface area is 486 Å². The van der Waals surface area contributed by atoms with Crippen molar-refractivity contribution in [3.05, 3.63) is 0 Å². The minimum Gasteiger partial charge on any atom is -0.462 e. The molecule has 0 aromatic carbocycles. The van der Waals surface area contributed by atoms with Crippen LogP contribution in [0.4, 0.5) is 0 Å². The minimum atomic E-state index is -4.94. The van der Waals surface area contributed by atoms with Gasteiger partial charge in [-0.3, -0.25) is 37.3 Å². The van der Waals surface area contributed by atoms with Crippen LogP contribution in [0.25, 0.3) is 0 Å². The molecule has 0 bridgehead atoms. The summed E-state index contributed by atoms with van der Waals surface area (Å²) in [6.07, 6.45) is 38.3. The summed E-state index contributed by atoms with van der Waals surface area (Å²) in [5.41, 5.74) is 0. The van der Waals surface area contributed by atoms with E-state index in [9.17, 15) is 43.2 Å². The highest BCUT2D eigenvalue weighted by molar-refractivity contribution is 7.47. The number of aliphatic hydroxyl groups is 1. The minimum absolute atomic E-state index is 0.0988.